The van der Waals surface area contributed by atoms with Crippen LogP contribution >= 0.6 is 11.3 Å². The number of hydrogen-bond acceptors (Lipinski definition) is 5. The van der Waals surface area contributed by atoms with Gasteiger partial charge in [-0.05, 0) is 24.3 Å². The van der Waals surface area contributed by atoms with Gasteiger partial charge in [0, 0.05) is 6.42 Å². The van der Waals surface area contributed by atoms with Crippen molar-refractivity contribution in [2.45, 2.75) is 39.7 Å². The van der Waals surface area contributed by atoms with Crippen molar-refractivity contribution in [2.24, 2.45) is 11.1 Å². The molecule has 1 unspecified atom stereocenters. The Morgan fingerprint density at radius 2 is 1.96 bits per heavy atom. The topological polar surface area (TPSA) is 85.1 Å². The molecule has 6 heteroatoms. The van der Waals surface area contributed by atoms with Crippen LogP contribution in [0.15, 0.2) is 24.3 Å². The van der Waals surface area contributed by atoms with Crippen molar-refractivity contribution in [3.8, 4) is 0 Å². The molecule has 0 bridgehead atoms. The van der Waals surface area contributed by atoms with E-state index in [1.165, 1.54) is 11.3 Å². The first kappa shape index (κ1) is 16.8. The predicted molar refractivity (Wildman–Crippen MR) is 95.3 cm³/mol. The summed E-state index contributed by atoms with van der Waals surface area (Å²) < 4.78 is 0. The molecule has 1 amide bonds. The molecule has 1 aromatic heterocycles. The third kappa shape index (κ3) is 3.39. The van der Waals surface area contributed by atoms with E-state index in [4.69, 9.17) is 5.73 Å². The van der Waals surface area contributed by atoms with Gasteiger partial charge in [0.15, 0.2) is 10.9 Å². The summed E-state index contributed by atoms with van der Waals surface area (Å²) in [7, 11) is 0. The quantitative estimate of drug-likeness (QED) is 0.896. The maximum Gasteiger partial charge on any atom is 0.247 e. The Labute approximate surface area is 145 Å². The molecule has 3 rings (SSSR count). The first-order chi connectivity index (χ1) is 11.2. The van der Waals surface area contributed by atoms with Crippen molar-refractivity contribution < 1.29 is 9.59 Å². The van der Waals surface area contributed by atoms with E-state index in [0.717, 1.165) is 23.2 Å². The molecule has 0 spiro atoms. The van der Waals surface area contributed by atoms with Gasteiger partial charge in [-0.25, -0.2) is 4.98 Å². The van der Waals surface area contributed by atoms with Gasteiger partial charge in [-0.2, -0.15) is 0 Å². The summed E-state index contributed by atoms with van der Waals surface area (Å²) in [5.74, 6) is -0.223. The van der Waals surface area contributed by atoms with Gasteiger partial charge in [-0.1, -0.05) is 55.0 Å². The van der Waals surface area contributed by atoms with Crippen LogP contribution in [0.25, 0.3) is 0 Å². The summed E-state index contributed by atoms with van der Waals surface area (Å²) in [6.45, 7) is 6.09. The molecule has 0 saturated heterocycles. The highest BCUT2D eigenvalue weighted by molar-refractivity contribution is 7.17. The highest BCUT2D eigenvalue weighted by atomic mass is 32.1. The van der Waals surface area contributed by atoms with Gasteiger partial charge in [0.05, 0.1) is 10.6 Å². The number of benzene rings is 1. The molecule has 24 heavy (non-hydrogen) atoms. The average molecular weight is 343 g/mol. The number of anilines is 1. The molecule has 1 aliphatic carbocycles. The van der Waals surface area contributed by atoms with Crippen LogP contribution in [0.2, 0.25) is 0 Å². The number of nitrogens with two attached hydrogens (primary N) is 1. The molecule has 1 heterocycles. The molecule has 1 aromatic carbocycles. The Morgan fingerprint density at radius 3 is 2.62 bits per heavy atom. The third-order valence-corrected chi connectivity index (χ3v) is 5.24. The maximum absolute atomic E-state index is 12.4. The summed E-state index contributed by atoms with van der Waals surface area (Å²) >= 11 is 1.24. The smallest absolute Gasteiger partial charge is 0.247 e. The van der Waals surface area contributed by atoms with Crippen LogP contribution < -0.4 is 11.1 Å². The number of thiazole rings is 1. The van der Waals surface area contributed by atoms with Gasteiger partial charge in [0.25, 0.3) is 0 Å². The van der Waals surface area contributed by atoms with Crippen molar-refractivity contribution in [2.75, 3.05) is 5.32 Å². The van der Waals surface area contributed by atoms with Gasteiger partial charge in [0.2, 0.25) is 5.91 Å². The number of aryl methyl sites for hydroxylation is 1. The van der Waals surface area contributed by atoms with E-state index in [2.05, 4.69) is 24.1 Å². The zero-order valence-electron chi connectivity index (χ0n) is 14.1. The highest BCUT2D eigenvalue weighted by Crippen LogP contribution is 2.38. The molecular formula is C18H21N3O2S. The SMILES string of the molecule is Cc1ccc(C(N)C(=O)Nc2nc3c(s2)C(=O)CC(C)(C)C3)cc1. The normalized spacial score (nSPS) is 17.2. The minimum atomic E-state index is -0.765. The number of carbonyl (C=O) groups excluding carboxylic acids is 2. The lowest BCUT2D eigenvalue weighted by Crippen LogP contribution is -2.27. The lowest BCUT2D eigenvalue weighted by molar-refractivity contribution is -0.117. The highest BCUT2D eigenvalue weighted by Gasteiger charge is 2.34. The number of nitrogens with one attached hydrogen (secondary N) is 1. The molecule has 2 aromatic rings. The number of aromatic nitrogens is 1. The summed E-state index contributed by atoms with van der Waals surface area (Å²) in [5, 5.41) is 3.19. The number of hydrogen-bond donors (Lipinski definition) is 2. The Bertz CT molecular complexity index is 793. The fraction of sp³-hybridized carbons (Fsp3) is 0.389. The van der Waals surface area contributed by atoms with Crippen LogP contribution in [-0.4, -0.2) is 16.7 Å². The Kier molecular flexibility index (Phi) is 4.27. The maximum atomic E-state index is 12.4. The summed E-state index contributed by atoms with van der Waals surface area (Å²) in [5.41, 5.74) is 8.58. The van der Waals surface area contributed by atoms with Gasteiger partial charge in [0.1, 0.15) is 6.04 Å². The van der Waals surface area contributed by atoms with Crippen molar-refractivity contribution in [3.05, 3.63) is 46.0 Å². The number of Topliss-reactive ketones (excluding diaryl/α,β-unsaturated/α-hetero) is 1. The lowest BCUT2D eigenvalue weighted by atomic mass is 9.78. The van der Waals surface area contributed by atoms with Crippen molar-refractivity contribution in [1.29, 1.82) is 0 Å². The molecule has 126 valence electrons. The second-order valence-electron chi connectivity index (χ2n) is 7.11. The van der Waals surface area contributed by atoms with E-state index < -0.39 is 6.04 Å². The number of amides is 1. The summed E-state index contributed by atoms with van der Waals surface area (Å²) in [6.07, 6.45) is 1.25. The van der Waals surface area contributed by atoms with Crippen LogP contribution in [-0.2, 0) is 11.2 Å². The van der Waals surface area contributed by atoms with Gasteiger partial charge >= 0.3 is 0 Å². The van der Waals surface area contributed by atoms with Gasteiger partial charge in [-0.3, -0.25) is 9.59 Å². The molecule has 1 atom stereocenters. The minimum absolute atomic E-state index is 0.0856. The molecule has 0 aliphatic heterocycles. The second-order valence-corrected chi connectivity index (χ2v) is 8.11. The molecule has 0 fully saturated rings. The first-order valence-corrected chi connectivity index (χ1v) is 8.73. The van der Waals surface area contributed by atoms with E-state index in [9.17, 15) is 9.59 Å². The molecule has 1 aliphatic rings. The predicted octanol–water partition coefficient (Wildman–Crippen LogP) is 3.25. The molecule has 0 saturated carbocycles. The van der Waals surface area contributed by atoms with E-state index in [1.54, 1.807) is 0 Å². The lowest BCUT2D eigenvalue weighted by Gasteiger charge is -2.26. The largest absolute Gasteiger partial charge is 0.316 e. The Balaban J connectivity index is 1.76. The fourth-order valence-corrected chi connectivity index (χ4v) is 3.80. The first-order valence-electron chi connectivity index (χ1n) is 7.91. The monoisotopic (exact) mass is 343 g/mol. The average Bonchev–Trinajstić information content (AvgIpc) is 2.88. The number of nitrogens with zero attached hydrogens (tertiary/aromatic N) is 1. The fourth-order valence-electron chi connectivity index (χ4n) is 2.88. The van der Waals surface area contributed by atoms with Crippen LogP contribution in [0.4, 0.5) is 5.13 Å². The number of ketones is 1. The second kappa shape index (κ2) is 6.11. The number of carbonyl (C=O) groups is 2. The van der Waals surface area contributed by atoms with E-state index in [1.807, 2.05) is 31.2 Å². The van der Waals surface area contributed by atoms with Crippen molar-refractivity contribution in [3.63, 3.8) is 0 Å². The van der Waals surface area contributed by atoms with Crippen LogP contribution in [0.1, 0.15) is 52.8 Å². The summed E-state index contributed by atoms with van der Waals surface area (Å²) in [6, 6.07) is 6.77. The number of rotatable bonds is 3. The van der Waals surface area contributed by atoms with E-state index >= 15 is 0 Å². The minimum Gasteiger partial charge on any atom is -0.316 e. The van der Waals surface area contributed by atoms with Crippen molar-refractivity contribution in [1.82, 2.24) is 4.98 Å². The molecule has 3 N–H and O–H groups in total. The summed E-state index contributed by atoms with van der Waals surface area (Å²) in [4.78, 5) is 29.7. The molecule has 5 nitrogen and oxygen atoms in total. The molecule has 0 radical (unpaired) electrons. The van der Waals surface area contributed by atoms with E-state index in [0.29, 0.717) is 16.4 Å². The molecular weight excluding hydrogens is 322 g/mol. The standard InChI is InChI=1S/C18H21N3O2S/c1-10-4-6-11(7-5-10)14(19)16(23)21-17-20-12-8-18(2,3)9-13(22)15(12)24-17/h4-7,14H,8-9,19H2,1-3H3,(H,20,21,23). The van der Waals surface area contributed by atoms with Gasteiger partial charge < -0.3 is 11.1 Å². The van der Waals surface area contributed by atoms with Crippen molar-refractivity contribution >= 4 is 28.2 Å². The van der Waals surface area contributed by atoms with Crippen LogP contribution in [0, 0.1) is 12.3 Å². The zero-order valence-corrected chi connectivity index (χ0v) is 14.9. The van der Waals surface area contributed by atoms with Crippen LogP contribution in [0.3, 0.4) is 0 Å². The third-order valence-electron chi connectivity index (χ3n) is 4.18. The van der Waals surface area contributed by atoms with Gasteiger partial charge in [-0.15, -0.1) is 0 Å². The number of fused-ring (bicyclic) bond motifs is 1. The van der Waals surface area contributed by atoms with E-state index in [-0.39, 0.29) is 17.1 Å². The Hall–Kier alpha value is -2.05. The zero-order chi connectivity index (χ0) is 17.5. The van der Waals surface area contributed by atoms with Crippen LogP contribution in [0.5, 0.6) is 0 Å². The Morgan fingerprint density at radius 1 is 1.29 bits per heavy atom.